The van der Waals surface area contributed by atoms with Crippen molar-refractivity contribution in [1.29, 1.82) is 0 Å². The minimum atomic E-state index is -0.585. The third kappa shape index (κ3) is 3.98. The minimum Gasteiger partial charge on any atom is -0.383 e. The second kappa shape index (κ2) is 8.08. The summed E-state index contributed by atoms with van der Waals surface area (Å²) in [5.41, 5.74) is 7.79. The number of para-hydroxylation sites is 1. The number of benzene rings is 2. The Morgan fingerprint density at radius 2 is 2.00 bits per heavy atom. The van der Waals surface area contributed by atoms with Gasteiger partial charge < -0.3 is 15.4 Å². The highest BCUT2D eigenvalue weighted by Crippen LogP contribution is 2.30. The van der Waals surface area contributed by atoms with Gasteiger partial charge in [0, 0.05) is 31.5 Å². The van der Waals surface area contributed by atoms with E-state index in [9.17, 15) is 9.59 Å². The molecule has 0 bridgehead atoms. The van der Waals surface area contributed by atoms with E-state index in [0.29, 0.717) is 25.3 Å². The van der Waals surface area contributed by atoms with Crippen LogP contribution in [0.1, 0.15) is 26.3 Å². The number of likely N-dealkylation sites (N-methyl/N-ethyl adjacent to an activating group) is 1. The number of nitrogens with two attached hydrogens (primary N) is 1. The third-order valence-electron chi connectivity index (χ3n) is 4.81. The van der Waals surface area contributed by atoms with Gasteiger partial charge in [0.2, 0.25) is 5.91 Å². The number of hydrogen-bond acceptors (Lipinski definition) is 4. The van der Waals surface area contributed by atoms with Crippen LogP contribution in [0.2, 0.25) is 5.02 Å². The number of ether oxygens (including phenoxy) is 1. The smallest absolute Gasteiger partial charge is 0.259 e. The van der Waals surface area contributed by atoms with Crippen molar-refractivity contribution in [1.82, 2.24) is 4.90 Å². The molecule has 1 atom stereocenters. The molecule has 142 valence electrons. The van der Waals surface area contributed by atoms with Crippen LogP contribution in [0, 0.1) is 0 Å². The molecule has 0 spiro atoms. The molecular formula is C20H22ClN3O3. The first kappa shape index (κ1) is 19.4. The summed E-state index contributed by atoms with van der Waals surface area (Å²) < 4.78 is 5.35. The maximum absolute atomic E-state index is 13.3. The molecule has 1 aliphatic rings. The lowest BCUT2D eigenvalue weighted by Gasteiger charge is -2.29. The Morgan fingerprint density at radius 1 is 1.26 bits per heavy atom. The molecule has 3 rings (SSSR count). The summed E-state index contributed by atoms with van der Waals surface area (Å²) in [6.07, 6.45) is 0. The fraction of sp³-hybridized carbons (Fsp3) is 0.300. The van der Waals surface area contributed by atoms with E-state index >= 15 is 0 Å². The monoisotopic (exact) mass is 387 g/mol. The molecule has 2 amide bonds. The molecule has 0 saturated carbocycles. The summed E-state index contributed by atoms with van der Waals surface area (Å²) in [4.78, 5) is 28.6. The molecule has 0 aliphatic carbocycles. The van der Waals surface area contributed by atoms with E-state index < -0.39 is 5.91 Å². The van der Waals surface area contributed by atoms with E-state index in [1.807, 2.05) is 31.3 Å². The van der Waals surface area contributed by atoms with Gasteiger partial charge in [0.05, 0.1) is 23.2 Å². The van der Waals surface area contributed by atoms with Gasteiger partial charge in [0.15, 0.2) is 0 Å². The van der Waals surface area contributed by atoms with Crippen LogP contribution in [0.15, 0.2) is 42.5 Å². The van der Waals surface area contributed by atoms with Gasteiger partial charge in [-0.05, 0) is 36.9 Å². The van der Waals surface area contributed by atoms with Crippen LogP contribution in [0.4, 0.5) is 5.69 Å². The molecule has 0 saturated heterocycles. The van der Waals surface area contributed by atoms with Crippen LogP contribution in [-0.4, -0.2) is 50.1 Å². The van der Waals surface area contributed by atoms with Gasteiger partial charge in [-0.25, -0.2) is 0 Å². The van der Waals surface area contributed by atoms with E-state index in [1.165, 1.54) is 12.1 Å². The molecule has 0 aromatic heterocycles. The van der Waals surface area contributed by atoms with Crippen LogP contribution in [0.3, 0.4) is 0 Å². The quantitative estimate of drug-likeness (QED) is 0.874. The molecule has 1 heterocycles. The number of fused-ring (bicyclic) bond motifs is 1. The van der Waals surface area contributed by atoms with E-state index in [1.54, 1.807) is 18.1 Å². The van der Waals surface area contributed by atoms with E-state index in [-0.39, 0.29) is 22.5 Å². The first-order chi connectivity index (χ1) is 12.9. The Bertz CT molecular complexity index is 871. The first-order valence-corrected chi connectivity index (χ1v) is 8.98. The molecule has 27 heavy (non-hydrogen) atoms. The molecule has 0 radical (unpaired) electrons. The number of hydrogen-bond donors (Lipinski definition) is 1. The predicted octanol–water partition coefficient (Wildman–Crippen LogP) is 2.55. The van der Waals surface area contributed by atoms with Gasteiger partial charge in [0.25, 0.3) is 5.91 Å². The highest BCUT2D eigenvalue weighted by atomic mass is 35.5. The number of rotatable bonds is 4. The molecular weight excluding hydrogens is 366 g/mol. The van der Waals surface area contributed by atoms with E-state index in [4.69, 9.17) is 22.1 Å². The number of anilines is 1. The Labute approximate surface area is 163 Å². The van der Waals surface area contributed by atoms with E-state index in [0.717, 1.165) is 11.3 Å². The SMILES string of the molecule is COCC1CN(C(=O)c2ccc(C(N)=O)cc2Cl)c2ccccc2CN1C. The highest BCUT2D eigenvalue weighted by molar-refractivity contribution is 6.35. The summed E-state index contributed by atoms with van der Waals surface area (Å²) in [5.74, 6) is -0.808. The van der Waals surface area contributed by atoms with Gasteiger partial charge in [-0.2, -0.15) is 0 Å². The third-order valence-corrected chi connectivity index (χ3v) is 5.12. The van der Waals surface area contributed by atoms with Crippen molar-refractivity contribution in [3.63, 3.8) is 0 Å². The van der Waals surface area contributed by atoms with Crippen molar-refractivity contribution in [2.45, 2.75) is 12.6 Å². The number of primary amides is 1. The topological polar surface area (TPSA) is 75.9 Å². The highest BCUT2D eigenvalue weighted by Gasteiger charge is 2.30. The maximum atomic E-state index is 13.3. The zero-order chi connectivity index (χ0) is 19.6. The summed E-state index contributed by atoms with van der Waals surface area (Å²) >= 11 is 6.29. The van der Waals surface area contributed by atoms with E-state index in [2.05, 4.69) is 4.90 Å². The van der Waals surface area contributed by atoms with Gasteiger partial charge in [-0.3, -0.25) is 14.5 Å². The fourth-order valence-electron chi connectivity index (χ4n) is 3.31. The number of amides is 2. The average molecular weight is 388 g/mol. The first-order valence-electron chi connectivity index (χ1n) is 8.60. The lowest BCUT2D eigenvalue weighted by molar-refractivity contribution is 0.0927. The number of carbonyl (C=O) groups is 2. The lowest BCUT2D eigenvalue weighted by Crippen LogP contribution is -2.44. The van der Waals surface area contributed by atoms with Gasteiger partial charge >= 0.3 is 0 Å². The zero-order valence-electron chi connectivity index (χ0n) is 15.3. The Hall–Kier alpha value is -2.41. The van der Waals surface area contributed by atoms with Crippen molar-refractivity contribution in [3.05, 3.63) is 64.2 Å². The van der Waals surface area contributed by atoms with Crippen LogP contribution < -0.4 is 10.6 Å². The zero-order valence-corrected chi connectivity index (χ0v) is 16.1. The summed E-state index contributed by atoms with van der Waals surface area (Å²) in [7, 11) is 3.67. The van der Waals surface area contributed by atoms with Gasteiger partial charge in [-0.1, -0.05) is 29.8 Å². The summed E-state index contributed by atoms with van der Waals surface area (Å²) in [5, 5.41) is 0.203. The van der Waals surface area contributed by atoms with Crippen LogP contribution in [0.25, 0.3) is 0 Å². The van der Waals surface area contributed by atoms with Crippen molar-refractivity contribution in [3.8, 4) is 0 Å². The predicted molar refractivity (Wildman–Crippen MR) is 105 cm³/mol. The lowest BCUT2D eigenvalue weighted by atomic mass is 10.1. The van der Waals surface area contributed by atoms with Crippen LogP contribution in [0.5, 0.6) is 0 Å². The normalized spacial score (nSPS) is 17.3. The van der Waals surface area contributed by atoms with Gasteiger partial charge in [-0.15, -0.1) is 0 Å². The van der Waals surface area contributed by atoms with Crippen LogP contribution in [-0.2, 0) is 11.3 Å². The standard InChI is InChI=1S/C20H22ClN3O3/c1-23-10-14-5-3-4-6-18(14)24(11-15(23)12-27-2)20(26)16-8-7-13(19(22)25)9-17(16)21/h3-9,15H,10-12H2,1-2H3,(H2,22,25). The Kier molecular flexibility index (Phi) is 5.79. The van der Waals surface area contributed by atoms with Crippen molar-refractivity contribution < 1.29 is 14.3 Å². The van der Waals surface area contributed by atoms with Crippen LogP contribution >= 0.6 is 11.6 Å². The molecule has 2 aromatic carbocycles. The number of carbonyl (C=O) groups excluding carboxylic acids is 2. The second-order valence-electron chi connectivity index (χ2n) is 6.63. The largest absolute Gasteiger partial charge is 0.383 e. The number of halogens is 1. The van der Waals surface area contributed by atoms with Crippen molar-refractivity contribution >= 4 is 29.1 Å². The minimum absolute atomic E-state index is 0.0371. The molecule has 2 aromatic rings. The molecule has 2 N–H and O–H groups in total. The maximum Gasteiger partial charge on any atom is 0.259 e. The number of methoxy groups -OCH3 is 1. The molecule has 1 aliphatic heterocycles. The van der Waals surface area contributed by atoms with Gasteiger partial charge in [0.1, 0.15) is 0 Å². The molecule has 7 heteroatoms. The Balaban J connectivity index is 2.02. The molecule has 6 nitrogen and oxygen atoms in total. The fourth-order valence-corrected chi connectivity index (χ4v) is 3.57. The van der Waals surface area contributed by atoms with Crippen molar-refractivity contribution in [2.75, 3.05) is 32.2 Å². The van der Waals surface area contributed by atoms with Crippen molar-refractivity contribution in [2.24, 2.45) is 5.73 Å². The summed E-state index contributed by atoms with van der Waals surface area (Å²) in [6.45, 7) is 1.68. The Morgan fingerprint density at radius 3 is 2.67 bits per heavy atom. The molecule has 0 fully saturated rings. The second-order valence-corrected chi connectivity index (χ2v) is 7.03. The summed E-state index contributed by atoms with van der Waals surface area (Å²) in [6, 6.07) is 12.3. The molecule has 1 unspecified atom stereocenters. The number of nitrogens with zero attached hydrogens (tertiary/aromatic N) is 2. The average Bonchev–Trinajstić information content (AvgIpc) is 2.78.